The van der Waals surface area contributed by atoms with E-state index in [1.165, 1.54) is 24.3 Å². The summed E-state index contributed by atoms with van der Waals surface area (Å²) < 4.78 is 30.2. The molecule has 2 aromatic heterocycles. The number of rotatable bonds is 8. The molecule has 1 unspecified atom stereocenters. The topological polar surface area (TPSA) is 115 Å². The molecule has 158 valence electrons. The number of nitrogens with one attached hydrogen (secondary N) is 1. The lowest BCUT2D eigenvalue weighted by Gasteiger charge is -2.18. The van der Waals surface area contributed by atoms with Crippen LogP contribution in [0.3, 0.4) is 0 Å². The zero-order valence-electron chi connectivity index (χ0n) is 16.4. The molecule has 0 fully saturated rings. The van der Waals surface area contributed by atoms with Crippen molar-refractivity contribution in [2.24, 2.45) is 5.92 Å². The average Bonchev–Trinajstić information content (AvgIpc) is 3.21. The Morgan fingerprint density at radius 2 is 1.93 bits per heavy atom. The third-order valence-electron chi connectivity index (χ3n) is 4.38. The largest absolute Gasteiger partial charge is 0.344 e. The molecule has 8 nitrogen and oxygen atoms in total. The molecule has 3 rings (SSSR count). The van der Waals surface area contributed by atoms with Crippen LogP contribution in [0.1, 0.15) is 32.2 Å². The van der Waals surface area contributed by atoms with Gasteiger partial charge in [-0.05, 0) is 42.3 Å². The number of amides is 1. The molecule has 1 amide bonds. The van der Waals surface area contributed by atoms with E-state index in [1.807, 2.05) is 13.8 Å². The maximum absolute atomic E-state index is 12.4. The van der Waals surface area contributed by atoms with Crippen LogP contribution in [-0.2, 0) is 14.6 Å². The number of pyridine rings is 1. The van der Waals surface area contributed by atoms with Crippen molar-refractivity contribution in [2.45, 2.75) is 31.2 Å². The Balaban J connectivity index is 1.66. The number of carbonyl (C=O) groups is 1. The molecule has 0 aliphatic rings. The van der Waals surface area contributed by atoms with Crippen LogP contribution < -0.4 is 5.32 Å². The van der Waals surface area contributed by atoms with Crippen molar-refractivity contribution in [2.75, 3.05) is 5.75 Å². The summed E-state index contributed by atoms with van der Waals surface area (Å²) in [6.45, 7) is 3.78. The van der Waals surface area contributed by atoms with E-state index >= 15 is 0 Å². The first-order valence-electron chi connectivity index (χ1n) is 9.28. The molecule has 0 aliphatic heterocycles. The molecule has 1 N–H and O–H groups in total. The molecule has 3 aromatic rings. The first-order valence-corrected chi connectivity index (χ1v) is 11.3. The Labute approximate surface area is 179 Å². The summed E-state index contributed by atoms with van der Waals surface area (Å²) in [5.74, 6) is -0.187. The standard InChI is InChI=1S/C20H21ClN4O4S/c1-13(2)18(20-24-19(25-29-20)14-4-3-10-22-12-14)23-17(26)9-11-30(27,28)16-7-5-15(21)6-8-16/h3-8,10,12-13,18H,9,11H2,1-2H3,(H,23,26). The summed E-state index contributed by atoms with van der Waals surface area (Å²) >= 11 is 5.79. The molecule has 30 heavy (non-hydrogen) atoms. The molecule has 0 saturated heterocycles. The monoisotopic (exact) mass is 448 g/mol. The minimum absolute atomic E-state index is 0.0518. The third-order valence-corrected chi connectivity index (χ3v) is 6.37. The van der Waals surface area contributed by atoms with Gasteiger partial charge in [0, 0.05) is 29.4 Å². The van der Waals surface area contributed by atoms with Gasteiger partial charge in [0.2, 0.25) is 17.6 Å². The molecule has 2 heterocycles. The summed E-state index contributed by atoms with van der Waals surface area (Å²) in [6, 6.07) is 8.85. The van der Waals surface area contributed by atoms with E-state index in [0.29, 0.717) is 16.4 Å². The van der Waals surface area contributed by atoms with Gasteiger partial charge in [-0.15, -0.1) is 0 Å². The second-order valence-electron chi connectivity index (χ2n) is 7.01. The van der Waals surface area contributed by atoms with Crippen molar-refractivity contribution in [1.82, 2.24) is 20.4 Å². The molecule has 0 saturated carbocycles. The highest BCUT2D eigenvalue weighted by Gasteiger charge is 2.26. The Hall–Kier alpha value is -2.78. The number of nitrogens with zero attached hydrogens (tertiary/aromatic N) is 3. The van der Waals surface area contributed by atoms with E-state index in [4.69, 9.17) is 16.1 Å². The van der Waals surface area contributed by atoms with E-state index in [9.17, 15) is 13.2 Å². The molecule has 0 radical (unpaired) electrons. The molecule has 0 spiro atoms. The second-order valence-corrected chi connectivity index (χ2v) is 9.56. The summed E-state index contributed by atoms with van der Waals surface area (Å²) in [6.07, 6.45) is 3.05. The molecule has 0 bridgehead atoms. The minimum atomic E-state index is -3.60. The third kappa shape index (κ3) is 5.43. The smallest absolute Gasteiger partial charge is 0.249 e. The fourth-order valence-corrected chi connectivity index (χ4v) is 4.09. The van der Waals surface area contributed by atoms with Crippen molar-refractivity contribution in [1.29, 1.82) is 0 Å². The first kappa shape index (κ1) is 21.9. The SMILES string of the molecule is CC(C)C(NC(=O)CCS(=O)(=O)c1ccc(Cl)cc1)c1nc(-c2cccnc2)no1. The van der Waals surface area contributed by atoms with Gasteiger partial charge >= 0.3 is 0 Å². The minimum Gasteiger partial charge on any atom is -0.344 e. The number of carbonyl (C=O) groups excluding carboxylic acids is 1. The van der Waals surface area contributed by atoms with Gasteiger partial charge in [-0.2, -0.15) is 4.98 Å². The number of hydrogen-bond donors (Lipinski definition) is 1. The van der Waals surface area contributed by atoms with Crippen molar-refractivity contribution >= 4 is 27.3 Å². The summed E-state index contributed by atoms with van der Waals surface area (Å²) in [7, 11) is -3.60. The maximum atomic E-state index is 12.4. The lowest BCUT2D eigenvalue weighted by Crippen LogP contribution is -2.33. The fraction of sp³-hybridized carbons (Fsp3) is 0.300. The van der Waals surface area contributed by atoms with Crippen molar-refractivity contribution in [3.05, 3.63) is 59.7 Å². The number of hydrogen-bond acceptors (Lipinski definition) is 7. The first-order chi connectivity index (χ1) is 14.3. The zero-order chi connectivity index (χ0) is 21.7. The van der Waals surface area contributed by atoms with Gasteiger partial charge in [0.25, 0.3) is 0 Å². The van der Waals surface area contributed by atoms with Crippen LogP contribution in [0.15, 0.2) is 58.2 Å². The molecule has 1 atom stereocenters. The van der Waals surface area contributed by atoms with E-state index in [1.54, 1.807) is 24.5 Å². The normalized spacial score (nSPS) is 12.7. The van der Waals surface area contributed by atoms with E-state index in [0.717, 1.165) is 0 Å². The van der Waals surface area contributed by atoms with E-state index in [-0.39, 0.29) is 28.9 Å². The number of benzene rings is 1. The number of sulfone groups is 1. The predicted octanol–water partition coefficient (Wildman–Crippen LogP) is 3.46. The van der Waals surface area contributed by atoms with Crippen molar-refractivity contribution in [3.63, 3.8) is 0 Å². The molecular formula is C20H21ClN4O4S. The number of aromatic nitrogens is 3. The predicted molar refractivity (Wildman–Crippen MR) is 111 cm³/mol. The highest BCUT2D eigenvalue weighted by molar-refractivity contribution is 7.91. The van der Waals surface area contributed by atoms with Gasteiger partial charge in [0.1, 0.15) is 6.04 Å². The fourth-order valence-electron chi connectivity index (χ4n) is 2.72. The van der Waals surface area contributed by atoms with Crippen LogP contribution in [0.5, 0.6) is 0 Å². The van der Waals surface area contributed by atoms with Crippen LogP contribution in [0.25, 0.3) is 11.4 Å². The van der Waals surface area contributed by atoms with Gasteiger partial charge in [-0.3, -0.25) is 9.78 Å². The van der Waals surface area contributed by atoms with Gasteiger partial charge in [-0.25, -0.2) is 8.42 Å². The van der Waals surface area contributed by atoms with Gasteiger partial charge in [-0.1, -0.05) is 30.6 Å². The van der Waals surface area contributed by atoms with Crippen LogP contribution in [0.4, 0.5) is 0 Å². The molecule has 10 heteroatoms. The van der Waals surface area contributed by atoms with Crippen LogP contribution >= 0.6 is 11.6 Å². The van der Waals surface area contributed by atoms with E-state index in [2.05, 4.69) is 20.4 Å². The van der Waals surface area contributed by atoms with Crippen molar-refractivity contribution < 1.29 is 17.7 Å². The van der Waals surface area contributed by atoms with E-state index < -0.39 is 21.8 Å². The highest BCUT2D eigenvalue weighted by Crippen LogP contribution is 2.23. The zero-order valence-corrected chi connectivity index (χ0v) is 18.0. The highest BCUT2D eigenvalue weighted by atomic mass is 35.5. The molecular weight excluding hydrogens is 428 g/mol. The quantitative estimate of drug-likeness (QED) is 0.561. The Morgan fingerprint density at radius 3 is 2.57 bits per heavy atom. The van der Waals surface area contributed by atoms with Crippen LogP contribution in [0.2, 0.25) is 5.02 Å². The summed E-state index contributed by atoms with van der Waals surface area (Å²) in [4.78, 5) is 20.9. The van der Waals surface area contributed by atoms with Crippen LogP contribution in [0, 0.1) is 5.92 Å². The second kappa shape index (κ2) is 9.36. The Bertz CT molecular complexity index is 1100. The Morgan fingerprint density at radius 1 is 1.20 bits per heavy atom. The van der Waals surface area contributed by atoms with Gasteiger partial charge < -0.3 is 9.84 Å². The summed E-state index contributed by atoms with van der Waals surface area (Å²) in [5.41, 5.74) is 0.690. The maximum Gasteiger partial charge on any atom is 0.249 e. The van der Waals surface area contributed by atoms with Crippen LogP contribution in [-0.4, -0.2) is 35.2 Å². The van der Waals surface area contributed by atoms with Gasteiger partial charge in [0.15, 0.2) is 9.84 Å². The Kier molecular flexibility index (Phi) is 6.84. The number of halogens is 1. The molecule has 1 aromatic carbocycles. The molecule has 0 aliphatic carbocycles. The average molecular weight is 449 g/mol. The lowest BCUT2D eigenvalue weighted by molar-refractivity contribution is -0.122. The van der Waals surface area contributed by atoms with Crippen molar-refractivity contribution in [3.8, 4) is 11.4 Å². The lowest BCUT2D eigenvalue weighted by atomic mass is 10.0. The summed E-state index contributed by atoms with van der Waals surface area (Å²) in [5, 5.41) is 7.18. The van der Waals surface area contributed by atoms with Gasteiger partial charge in [0.05, 0.1) is 10.6 Å².